The summed E-state index contributed by atoms with van der Waals surface area (Å²) in [6, 6.07) is 11.0. The van der Waals surface area contributed by atoms with Gasteiger partial charge in [-0.3, -0.25) is 0 Å². The van der Waals surface area contributed by atoms with Gasteiger partial charge in [0.15, 0.2) is 0 Å². The maximum atomic E-state index is 3.66. The molecule has 2 heterocycles. The zero-order chi connectivity index (χ0) is 8.49. The zero-order valence-electron chi connectivity index (χ0n) is 11.7. The van der Waals surface area contributed by atoms with Crippen LogP contribution in [0.1, 0.15) is 0 Å². The quantitative estimate of drug-likeness (QED) is 0.536. The molecule has 0 N–H and O–H groups in total. The van der Waals surface area contributed by atoms with Crippen molar-refractivity contribution in [2.45, 2.75) is 0 Å². The Morgan fingerprint density at radius 1 is 0.556 bits per heavy atom. The Kier molecular flexibility index (Phi) is 60.1. The van der Waals surface area contributed by atoms with Crippen LogP contribution in [0.5, 0.6) is 0 Å². The molecule has 92 valence electrons. The van der Waals surface area contributed by atoms with E-state index < -0.39 is 0 Å². The molecule has 0 unspecified atom stereocenters. The van der Waals surface area contributed by atoms with Gasteiger partial charge in [-0.1, -0.05) is 24.8 Å². The molecule has 0 spiro atoms. The molecule has 0 fully saturated rings. The van der Waals surface area contributed by atoms with E-state index in [-0.39, 0.29) is 69.3 Å². The van der Waals surface area contributed by atoms with Crippen LogP contribution in [0.4, 0.5) is 0 Å². The van der Waals surface area contributed by atoms with Gasteiger partial charge >= 0.3 is 39.6 Å². The molecule has 2 aromatic rings. The summed E-state index contributed by atoms with van der Waals surface area (Å²) < 4.78 is 0. The SMILES string of the molecule is [CH3-].[CH3-].[CH3-].[CH3-].[Ga+3].[Ga+3].[c-]1ccccn1.[c-]1ccccn1. The largest absolute Gasteiger partial charge is 3.00 e. The predicted molar refractivity (Wildman–Crippen MR) is 83.3 cm³/mol. The third kappa shape index (κ3) is 24.7. The first-order valence-electron chi connectivity index (χ1n) is 3.54. The zero-order valence-corrected chi connectivity index (χ0v) is 16.5. The molecule has 2 aromatic heterocycles. The minimum Gasteiger partial charge on any atom is -0.394 e. The Morgan fingerprint density at radius 2 is 0.889 bits per heavy atom. The molecule has 0 saturated carbocycles. The molecular formula is C14H20Ga2N2. The molecule has 0 atom stereocenters. The molecule has 4 heteroatoms. The van der Waals surface area contributed by atoms with Gasteiger partial charge in [0, 0.05) is 0 Å². The normalized spacial score (nSPS) is 5.33. The number of rotatable bonds is 0. The molecule has 2 nitrogen and oxygen atoms in total. The number of hydrogen-bond donors (Lipinski definition) is 0. The van der Waals surface area contributed by atoms with Crippen molar-refractivity contribution >= 4 is 39.6 Å². The second kappa shape index (κ2) is 30.0. The Bertz CT molecular complexity index is 193. The molecule has 0 aliphatic carbocycles. The molecular weight excluding hydrogens is 336 g/mol. The van der Waals surface area contributed by atoms with Gasteiger partial charge < -0.3 is 39.7 Å². The van der Waals surface area contributed by atoms with Crippen molar-refractivity contribution in [3.63, 3.8) is 0 Å². The van der Waals surface area contributed by atoms with Gasteiger partial charge in [0.05, 0.1) is 0 Å². The molecule has 0 aliphatic heterocycles. The summed E-state index contributed by atoms with van der Waals surface area (Å²) in [7, 11) is 0. The van der Waals surface area contributed by atoms with E-state index in [4.69, 9.17) is 0 Å². The molecule has 0 radical (unpaired) electrons. The molecule has 0 amide bonds. The summed E-state index contributed by atoms with van der Waals surface area (Å²) >= 11 is 0. The van der Waals surface area contributed by atoms with E-state index in [0.717, 1.165) is 0 Å². The van der Waals surface area contributed by atoms with Gasteiger partial charge in [-0.15, -0.1) is 0 Å². The van der Waals surface area contributed by atoms with E-state index >= 15 is 0 Å². The van der Waals surface area contributed by atoms with Crippen LogP contribution in [0, 0.1) is 42.1 Å². The van der Waals surface area contributed by atoms with Crippen LogP contribution in [-0.2, 0) is 0 Å². The van der Waals surface area contributed by atoms with E-state index in [2.05, 4.69) is 22.4 Å². The van der Waals surface area contributed by atoms with E-state index in [9.17, 15) is 0 Å². The second-order valence-corrected chi connectivity index (χ2v) is 1.92. The van der Waals surface area contributed by atoms with Gasteiger partial charge in [0.1, 0.15) is 0 Å². The van der Waals surface area contributed by atoms with E-state index in [1.807, 2.05) is 24.3 Å². The van der Waals surface area contributed by atoms with Crippen LogP contribution in [0.2, 0.25) is 0 Å². The Labute approximate surface area is 140 Å². The van der Waals surface area contributed by atoms with Crippen molar-refractivity contribution in [1.82, 2.24) is 9.97 Å². The van der Waals surface area contributed by atoms with Crippen LogP contribution in [0.3, 0.4) is 0 Å². The number of hydrogen-bond acceptors (Lipinski definition) is 2. The monoisotopic (exact) mass is 354 g/mol. The van der Waals surface area contributed by atoms with Crippen LogP contribution < -0.4 is 0 Å². The molecule has 0 saturated heterocycles. The summed E-state index contributed by atoms with van der Waals surface area (Å²) in [4.78, 5) is 7.32. The third-order valence-corrected chi connectivity index (χ3v) is 1.03. The fourth-order valence-electron chi connectivity index (χ4n) is 0.555. The molecule has 0 aliphatic rings. The number of aromatic nitrogens is 2. The predicted octanol–water partition coefficient (Wildman–Crippen LogP) is 2.80. The van der Waals surface area contributed by atoms with Crippen molar-refractivity contribution in [2.75, 3.05) is 0 Å². The van der Waals surface area contributed by atoms with Crippen LogP contribution in [-0.4, -0.2) is 49.5 Å². The van der Waals surface area contributed by atoms with Gasteiger partial charge in [0.25, 0.3) is 0 Å². The first kappa shape index (κ1) is 36.0. The molecule has 18 heavy (non-hydrogen) atoms. The first-order chi connectivity index (χ1) is 6.00. The third-order valence-electron chi connectivity index (χ3n) is 1.03. The minimum absolute atomic E-state index is 0. The molecule has 2 rings (SSSR count). The number of pyridine rings is 2. The van der Waals surface area contributed by atoms with Crippen LogP contribution in [0.15, 0.2) is 48.8 Å². The van der Waals surface area contributed by atoms with Crippen molar-refractivity contribution in [2.24, 2.45) is 0 Å². The van der Waals surface area contributed by atoms with Gasteiger partial charge in [-0.25, -0.2) is 0 Å². The average molecular weight is 356 g/mol. The summed E-state index contributed by atoms with van der Waals surface area (Å²) in [6.45, 7) is 0. The van der Waals surface area contributed by atoms with Crippen molar-refractivity contribution in [3.8, 4) is 0 Å². The first-order valence-corrected chi connectivity index (χ1v) is 3.54. The Hall–Kier alpha value is -0.427. The van der Waals surface area contributed by atoms with E-state index in [1.54, 1.807) is 24.5 Å². The maximum Gasteiger partial charge on any atom is 3.00 e. The standard InChI is InChI=1S/2C5H4N.4CH3.2Ga/c2*1-2-4-6-5-3-1;;;;;;/h2*1-4H;4*1H3;;/q6*-1;2*+3. The summed E-state index contributed by atoms with van der Waals surface area (Å²) in [5.74, 6) is 0. The van der Waals surface area contributed by atoms with Crippen LogP contribution in [0.25, 0.3) is 0 Å². The summed E-state index contributed by atoms with van der Waals surface area (Å²) in [5, 5.41) is 0. The Balaban J connectivity index is -0.0000000300. The topological polar surface area (TPSA) is 25.8 Å². The average Bonchev–Trinajstić information content (AvgIpc) is 2.24. The van der Waals surface area contributed by atoms with E-state index in [0.29, 0.717) is 0 Å². The van der Waals surface area contributed by atoms with Gasteiger partial charge in [-0.2, -0.15) is 36.4 Å². The van der Waals surface area contributed by atoms with Gasteiger partial charge in [0.2, 0.25) is 0 Å². The van der Waals surface area contributed by atoms with E-state index in [1.165, 1.54) is 0 Å². The summed E-state index contributed by atoms with van der Waals surface area (Å²) in [5.41, 5.74) is 0. The molecule has 0 bridgehead atoms. The van der Waals surface area contributed by atoms with Crippen LogP contribution >= 0.6 is 0 Å². The smallest absolute Gasteiger partial charge is 0.394 e. The molecule has 0 aromatic carbocycles. The fraction of sp³-hybridized carbons (Fsp3) is 0. The minimum atomic E-state index is 0. The van der Waals surface area contributed by atoms with Crippen molar-refractivity contribution < 1.29 is 0 Å². The fourth-order valence-corrected chi connectivity index (χ4v) is 0.555. The number of nitrogens with zero attached hydrogens (tertiary/aromatic N) is 2. The van der Waals surface area contributed by atoms with Gasteiger partial charge in [-0.05, 0) is 0 Å². The Morgan fingerprint density at radius 3 is 0.944 bits per heavy atom. The van der Waals surface area contributed by atoms with Crippen molar-refractivity contribution in [1.29, 1.82) is 0 Å². The maximum absolute atomic E-state index is 3.66. The van der Waals surface area contributed by atoms with Crippen molar-refractivity contribution in [3.05, 3.63) is 90.9 Å². The second-order valence-electron chi connectivity index (χ2n) is 1.92. The summed E-state index contributed by atoms with van der Waals surface area (Å²) in [6.07, 6.45) is 8.67.